The summed E-state index contributed by atoms with van der Waals surface area (Å²) in [4.78, 5) is 24.6. The number of hydrogen-bond acceptors (Lipinski definition) is 6. The van der Waals surface area contributed by atoms with E-state index in [-0.39, 0.29) is 12.6 Å². The van der Waals surface area contributed by atoms with Gasteiger partial charge in [0.2, 0.25) is 0 Å². The van der Waals surface area contributed by atoms with Gasteiger partial charge in [0.05, 0.1) is 0 Å². The third-order valence-corrected chi connectivity index (χ3v) is 10.3. The molecule has 0 saturated heterocycles. The molecule has 0 unspecified atom stereocenters. The highest BCUT2D eigenvalue weighted by atomic mass is 28.4. The molecule has 0 saturated carbocycles. The van der Waals surface area contributed by atoms with Crippen LogP contribution < -0.4 is 10.7 Å². The van der Waals surface area contributed by atoms with Gasteiger partial charge in [0.1, 0.15) is 12.2 Å². The van der Waals surface area contributed by atoms with Gasteiger partial charge in [-0.15, -0.1) is 0 Å². The molecule has 9 heteroatoms. The van der Waals surface area contributed by atoms with E-state index in [1.54, 1.807) is 7.05 Å². The SMILES string of the molecule is CC[Si](CC)(CC)OCC[C@H](CNN(C)C(=O)OCc1ccccc1)NC(=O)OC(C)(C)C. The standard InChI is InChI=1S/C24H43N3O5Si/c1-8-33(9-2,10-3)31-17-16-21(26-22(28)32-24(4,5)6)18-25-27(7)23(29)30-19-20-14-12-11-13-15-20/h11-15,21,25H,8-10,16-19H2,1-7H3,(H,26,28)/t21-/m1/s1. The lowest BCUT2D eigenvalue weighted by molar-refractivity contribution is 0.0487. The predicted octanol–water partition coefficient (Wildman–Crippen LogP) is 5.06. The average Bonchev–Trinajstić information content (AvgIpc) is 2.78. The highest BCUT2D eigenvalue weighted by Crippen LogP contribution is 2.21. The summed E-state index contributed by atoms with van der Waals surface area (Å²) in [5, 5.41) is 4.19. The first-order valence-corrected chi connectivity index (χ1v) is 14.4. The molecule has 0 spiro atoms. The van der Waals surface area contributed by atoms with Gasteiger partial charge >= 0.3 is 12.2 Å². The highest BCUT2D eigenvalue weighted by Gasteiger charge is 2.29. The molecule has 0 bridgehead atoms. The number of hydrazine groups is 1. The van der Waals surface area contributed by atoms with Crippen molar-refractivity contribution in [2.24, 2.45) is 0 Å². The van der Waals surface area contributed by atoms with Gasteiger partial charge in [0.25, 0.3) is 0 Å². The zero-order valence-corrected chi connectivity index (χ0v) is 22.4. The molecule has 1 rings (SSSR count). The van der Waals surface area contributed by atoms with Crippen LogP contribution in [0.4, 0.5) is 9.59 Å². The Labute approximate surface area is 200 Å². The van der Waals surface area contributed by atoms with Crippen LogP contribution >= 0.6 is 0 Å². The Morgan fingerprint density at radius 3 is 2.21 bits per heavy atom. The number of hydrogen-bond donors (Lipinski definition) is 2. The summed E-state index contributed by atoms with van der Waals surface area (Å²) in [5.74, 6) is 0. The second-order valence-corrected chi connectivity index (χ2v) is 14.0. The monoisotopic (exact) mass is 481 g/mol. The van der Waals surface area contributed by atoms with Crippen molar-refractivity contribution < 1.29 is 23.5 Å². The van der Waals surface area contributed by atoms with Crippen molar-refractivity contribution >= 4 is 20.5 Å². The van der Waals surface area contributed by atoms with Crippen LogP contribution in [0.2, 0.25) is 18.1 Å². The molecule has 1 atom stereocenters. The van der Waals surface area contributed by atoms with E-state index >= 15 is 0 Å². The molecule has 0 fully saturated rings. The third-order valence-electron chi connectivity index (χ3n) is 5.58. The molecule has 0 aliphatic carbocycles. The Balaban J connectivity index is 2.63. The molecule has 188 valence electrons. The number of carbonyl (C=O) groups is 2. The van der Waals surface area contributed by atoms with Crippen LogP contribution in [0.1, 0.15) is 53.5 Å². The fourth-order valence-electron chi connectivity index (χ4n) is 3.30. The van der Waals surface area contributed by atoms with Crippen LogP contribution in [0.15, 0.2) is 30.3 Å². The number of nitrogens with zero attached hydrogens (tertiary/aromatic N) is 1. The van der Waals surface area contributed by atoms with Gasteiger partial charge in [0, 0.05) is 26.2 Å². The molecule has 0 aliphatic heterocycles. The van der Waals surface area contributed by atoms with Gasteiger partial charge in [0.15, 0.2) is 8.32 Å². The number of ether oxygens (including phenoxy) is 2. The Bertz CT molecular complexity index is 700. The summed E-state index contributed by atoms with van der Waals surface area (Å²) in [7, 11) is -0.122. The maximum absolute atomic E-state index is 12.3. The zero-order valence-electron chi connectivity index (χ0n) is 21.4. The predicted molar refractivity (Wildman–Crippen MR) is 133 cm³/mol. The van der Waals surface area contributed by atoms with Crippen LogP contribution in [-0.4, -0.2) is 57.4 Å². The smallest absolute Gasteiger partial charge is 0.424 e. The summed E-state index contributed by atoms with van der Waals surface area (Å²) in [6, 6.07) is 12.4. The van der Waals surface area contributed by atoms with E-state index in [4.69, 9.17) is 13.9 Å². The molecule has 0 heterocycles. The molecule has 2 N–H and O–H groups in total. The third kappa shape index (κ3) is 11.5. The van der Waals surface area contributed by atoms with E-state index in [1.807, 2.05) is 51.1 Å². The Morgan fingerprint density at radius 1 is 1.06 bits per heavy atom. The molecule has 0 aromatic heterocycles. The van der Waals surface area contributed by atoms with Gasteiger partial charge in [-0.3, -0.25) is 0 Å². The van der Waals surface area contributed by atoms with E-state index in [9.17, 15) is 9.59 Å². The van der Waals surface area contributed by atoms with Crippen molar-refractivity contribution in [3.05, 3.63) is 35.9 Å². The lowest BCUT2D eigenvalue weighted by Gasteiger charge is -2.30. The summed E-state index contributed by atoms with van der Waals surface area (Å²) >= 11 is 0. The van der Waals surface area contributed by atoms with Crippen molar-refractivity contribution in [3.8, 4) is 0 Å². The van der Waals surface area contributed by atoms with E-state index in [0.717, 1.165) is 23.7 Å². The summed E-state index contributed by atoms with van der Waals surface area (Å²) in [6.07, 6.45) is -0.387. The summed E-state index contributed by atoms with van der Waals surface area (Å²) < 4.78 is 17.1. The Kier molecular flexibility index (Phi) is 12.5. The van der Waals surface area contributed by atoms with Crippen molar-refractivity contribution in [1.29, 1.82) is 0 Å². The quantitative estimate of drug-likeness (QED) is 0.302. The first-order chi connectivity index (χ1) is 15.5. The maximum Gasteiger partial charge on any atom is 0.424 e. The van der Waals surface area contributed by atoms with Gasteiger partial charge in [-0.1, -0.05) is 51.1 Å². The van der Waals surface area contributed by atoms with Crippen molar-refractivity contribution in [2.75, 3.05) is 20.2 Å². The Morgan fingerprint density at radius 2 is 1.67 bits per heavy atom. The number of alkyl carbamates (subject to hydrolysis) is 1. The molecule has 2 amide bonds. The number of nitrogens with one attached hydrogen (secondary N) is 2. The fourth-order valence-corrected chi connectivity index (χ4v) is 5.96. The van der Waals surface area contributed by atoms with E-state index in [0.29, 0.717) is 19.6 Å². The average molecular weight is 482 g/mol. The molecule has 0 aliphatic rings. The van der Waals surface area contributed by atoms with Gasteiger partial charge in [-0.25, -0.2) is 20.0 Å². The second kappa shape index (κ2) is 14.2. The minimum Gasteiger partial charge on any atom is -0.444 e. The van der Waals surface area contributed by atoms with Crippen LogP contribution in [0.25, 0.3) is 0 Å². The van der Waals surface area contributed by atoms with Gasteiger partial charge < -0.3 is 19.2 Å². The van der Waals surface area contributed by atoms with Gasteiger partial charge in [-0.05, 0) is 50.9 Å². The van der Waals surface area contributed by atoms with Crippen molar-refractivity contribution in [2.45, 2.75) is 84.3 Å². The highest BCUT2D eigenvalue weighted by molar-refractivity contribution is 6.73. The number of amides is 2. The molecule has 8 nitrogen and oxygen atoms in total. The molecule has 1 aromatic rings. The van der Waals surface area contributed by atoms with Crippen molar-refractivity contribution in [1.82, 2.24) is 15.8 Å². The number of rotatable bonds is 13. The molecular weight excluding hydrogens is 438 g/mol. The first-order valence-electron chi connectivity index (χ1n) is 11.9. The first kappa shape index (κ1) is 28.9. The fraction of sp³-hybridized carbons (Fsp3) is 0.667. The van der Waals surface area contributed by atoms with Crippen LogP contribution in [-0.2, 0) is 20.5 Å². The number of carbonyl (C=O) groups excluding carboxylic acids is 2. The minimum absolute atomic E-state index is 0.191. The molecule has 0 radical (unpaired) electrons. The number of benzene rings is 1. The van der Waals surface area contributed by atoms with Gasteiger partial charge in [-0.2, -0.15) is 0 Å². The van der Waals surface area contributed by atoms with Crippen molar-refractivity contribution in [3.63, 3.8) is 0 Å². The molecular formula is C24H43N3O5Si. The lowest BCUT2D eigenvalue weighted by Crippen LogP contribution is -2.50. The molecule has 1 aromatic carbocycles. The summed E-state index contributed by atoms with van der Waals surface area (Å²) in [5.41, 5.74) is 3.34. The largest absolute Gasteiger partial charge is 0.444 e. The lowest BCUT2D eigenvalue weighted by atomic mass is 10.2. The van der Waals surface area contributed by atoms with E-state index in [2.05, 4.69) is 31.5 Å². The zero-order chi connectivity index (χ0) is 24.9. The van der Waals surface area contributed by atoms with Crippen LogP contribution in [0.5, 0.6) is 0 Å². The van der Waals surface area contributed by atoms with Crippen LogP contribution in [0, 0.1) is 0 Å². The second-order valence-electron chi connectivity index (χ2n) is 9.19. The topological polar surface area (TPSA) is 89.1 Å². The molecule has 33 heavy (non-hydrogen) atoms. The summed E-state index contributed by atoms with van der Waals surface area (Å²) in [6.45, 7) is 13.1. The minimum atomic E-state index is -1.72. The Hall–Kier alpha value is -2.10. The van der Waals surface area contributed by atoms with E-state index < -0.39 is 26.1 Å². The van der Waals surface area contributed by atoms with Crippen LogP contribution in [0.3, 0.4) is 0 Å². The van der Waals surface area contributed by atoms with E-state index in [1.165, 1.54) is 5.01 Å². The maximum atomic E-state index is 12.3. The normalized spacial score (nSPS) is 12.7.